The second-order valence-corrected chi connectivity index (χ2v) is 2.82. The average Bonchev–Trinajstić information content (AvgIpc) is 2.25. The first-order valence-electron chi connectivity index (χ1n) is 4.32. The molecule has 15 heavy (non-hydrogen) atoms. The van der Waals surface area contributed by atoms with Crippen LogP contribution in [0.5, 0.6) is 5.75 Å². The third-order valence-corrected chi connectivity index (χ3v) is 1.85. The minimum absolute atomic E-state index is 0.317. The molecule has 0 aliphatic rings. The maximum absolute atomic E-state index is 11.8. The highest BCUT2D eigenvalue weighted by Crippen LogP contribution is 2.19. The smallest absolute Gasteiger partial charge is 0.266 e. The molecule has 0 radical (unpaired) electrons. The van der Waals surface area contributed by atoms with Gasteiger partial charge in [0.1, 0.15) is 5.75 Å². The molecule has 0 aliphatic carbocycles. The van der Waals surface area contributed by atoms with E-state index in [4.69, 9.17) is 4.74 Å². The number of hydrogen-bond acceptors (Lipinski definition) is 2. The second kappa shape index (κ2) is 5.24. The maximum atomic E-state index is 11.8. The van der Waals surface area contributed by atoms with Crippen LogP contribution in [0.15, 0.2) is 36.4 Å². The Morgan fingerprint density at radius 3 is 2.67 bits per heavy atom. The van der Waals surface area contributed by atoms with E-state index < -0.39 is 6.08 Å². The van der Waals surface area contributed by atoms with Gasteiger partial charge in [0, 0.05) is 6.42 Å². The van der Waals surface area contributed by atoms with Gasteiger partial charge in [-0.15, -0.1) is 0 Å². The molecule has 1 rings (SSSR count). The lowest BCUT2D eigenvalue weighted by Crippen LogP contribution is -2.00. The first-order valence-corrected chi connectivity index (χ1v) is 4.32. The molecule has 0 N–H and O–H groups in total. The van der Waals surface area contributed by atoms with Gasteiger partial charge in [0.2, 0.25) is 0 Å². The van der Waals surface area contributed by atoms with E-state index in [9.17, 15) is 13.6 Å². The van der Waals surface area contributed by atoms with Crippen LogP contribution in [0.25, 0.3) is 0 Å². The number of allylic oxidation sites excluding steroid dienone is 1. The summed E-state index contributed by atoms with van der Waals surface area (Å²) in [5.74, 6) is 0.00964. The highest BCUT2D eigenvalue weighted by molar-refractivity contribution is 5.99. The van der Waals surface area contributed by atoms with E-state index in [1.807, 2.05) is 0 Å². The minimum atomic E-state index is -1.85. The lowest BCUT2D eigenvalue weighted by atomic mass is 10.1. The van der Waals surface area contributed by atoms with E-state index in [2.05, 4.69) is 0 Å². The normalized spacial score (nSPS) is 9.53. The Balaban J connectivity index is 2.86. The molecule has 0 unspecified atom stereocenters. The van der Waals surface area contributed by atoms with Crippen LogP contribution in [0.3, 0.4) is 0 Å². The highest BCUT2D eigenvalue weighted by Gasteiger charge is 2.10. The van der Waals surface area contributed by atoms with Gasteiger partial charge in [-0.3, -0.25) is 4.79 Å². The molecule has 0 atom stereocenters. The molecule has 4 heteroatoms. The molecular weight excluding hydrogens is 202 g/mol. The van der Waals surface area contributed by atoms with E-state index in [1.165, 1.54) is 7.11 Å². The van der Waals surface area contributed by atoms with Crippen LogP contribution in [0.4, 0.5) is 8.78 Å². The predicted molar refractivity (Wildman–Crippen MR) is 52.2 cm³/mol. The number of rotatable bonds is 4. The van der Waals surface area contributed by atoms with Crippen LogP contribution >= 0.6 is 0 Å². The molecule has 0 amide bonds. The van der Waals surface area contributed by atoms with Gasteiger partial charge in [-0.2, -0.15) is 8.78 Å². The Morgan fingerprint density at radius 2 is 2.07 bits per heavy atom. The third kappa shape index (κ3) is 3.16. The van der Waals surface area contributed by atoms with Gasteiger partial charge in [0.15, 0.2) is 5.78 Å². The lowest BCUT2D eigenvalue weighted by molar-refractivity contribution is 0.0991. The summed E-state index contributed by atoms with van der Waals surface area (Å²) in [4.78, 5) is 11.5. The summed E-state index contributed by atoms with van der Waals surface area (Å²) in [6.45, 7) is 0. The van der Waals surface area contributed by atoms with Crippen molar-refractivity contribution in [1.29, 1.82) is 0 Å². The number of carbonyl (C=O) groups is 1. The second-order valence-electron chi connectivity index (χ2n) is 2.82. The zero-order chi connectivity index (χ0) is 11.3. The Labute approximate surface area is 86.2 Å². The Bertz CT molecular complexity index is 382. The molecule has 0 saturated carbocycles. The van der Waals surface area contributed by atoms with Crippen molar-refractivity contribution in [2.45, 2.75) is 6.42 Å². The first-order chi connectivity index (χ1) is 7.15. The molecular formula is C11H10F2O2. The third-order valence-electron chi connectivity index (χ3n) is 1.85. The van der Waals surface area contributed by atoms with Gasteiger partial charge in [0.25, 0.3) is 6.08 Å². The summed E-state index contributed by atoms with van der Waals surface area (Å²) >= 11 is 0. The standard InChI is InChI=1S/C11H10F2O2/c1-15-10-5-3-2-4-8(10)9(14)6-7-11(12)13/h2-5,7H,6H2,1H3. The fraction of sp³-hybridized carbons (Fsp3) is 0.182. The molecule has 0 spiro atoms. The topological polar surface area (TPSA) is 26.3 Å². The molecule has 2 nitrogen and oxygen atoms in total. The van der Waals surface area contributed by atoms with Crippen molar-refractivity contribution in [3.05, 3.63) is 42.0 Å². The largest absolute Gasteiger partial charge is 0.496 e. The Hall–Kier alpha value is -1.71. The molecule has 0 aromatic heterocycles. The van der Waals surface area contributed by atoms with Gasteiger partial charge in [0.05, 0.1) is 12.7 Å². The van der Waals surface area contributed by atoms with Gasteiger partial charge in [-0.05, 0) is 18.2 Å². The fourth-order valence-electron chi connectivity index (χ4n) is 1.15. The lowest BCUT2D eigenvalue weighted by Gasteiger charge is -2.05. The van der Waals surface area contributed by atoms with E-state index in [0.29, 0.717) is 17.4 Å². The predicted octanol–water partition coefficient (Wildman–Crippen LogP) is 3.05. The maximum Gasteiger partial charge on any atom is 0.266 e. The quantitative estimate of drug-likeness (QED) is 0.717. The molecule has 0 aliphatic heterocycles. The van der Waals surface area contributed by atoms with Gasteiger partial charge < -0.3 is 4.74 Å². The van der Waals surface area contributed by atoms with Crippen LogP contribution in [-0.4, -0.2) is 12.9 Å². The number of benzene rings is 1. The molecule has 0 saturated heterocycles. The molecule has 1 aromatic carbocycles. The monoisotopic (exact) mass is 212 g/mol. The van der Waals surface area contributed by atoms with Crippen LogP contribution < -0.4 is 4.74 Å². The van der Waals surface area contributed by atoms with E-state index in [-0.39, 0.29) is 12.2 Å². The number of halogens is 2. The van der Waals surface area contributed by atoms with Crippen molar-refractivity contribution in [3.8, 4) is 5.75 Å². The molecule has 0 fully saturated rings. The summed E-state index contributed by atoms with van der Waals surface area (Å²) < 4.78 is 28.5. The Kier molecular flexibility index (Phi) is 3.97. The van der Waals surface area contributed by atoms with E-state index >= 15 is 0 Å². The van der Waals surface area contributed by atoms with Crippen LogP contribution in [0.2, 0.25) is 0 Å². The molecule has 80 valence electrons. The number of ether oxygens (including phenoxy) is 1. The van der Waals surface area contributed by atoms with Gasteiger partial charge in [-0.1, -0.05) is 12.1 Å². The number of ketones is 1. The van der Waals surface area contributed by atoms with Crippen LogP contribution in [0.1, 0.15) is 16.8 Å². The van der Waals surface area contributed by atoms with Crippen molar-refractivity contribution in [2.24, 2.45) is 0 Å². The SMILES string of the molecule is COc1ccccc1C(=O)CC=C(F)F. The van der Waals surface area contributed by atoms with Crippen LogP contribution in [0, 0.1) is 0 Å². The molecule has 1 aromatic rings. The van der Waals surface area contributed by atoms with Crippen molar-refractivity contribution >= 4 is 5.78 Å². The summed E-state index contributed by atoms with van der Waals surface area (Å²) in [5.41, 5.74) is 0.317. The zero-order valence-electron chi connectivity index (χ0n) is 8.17. The average molecular weight is 212 g/mol. The highest BCUT2D eigenvalue weighted by atomic mass is 19.3. The zero-order valence-corrected chi connectivity index (χ0v) is 8.17. The number of Topliss-reactive ketones (excluding diaryl/α,β-unsaturated/α-hetero) is 1. The van der Waals surface area contributed by atoms with Crippen molar-refractivity contribution < 1.29 is 18.3 Å². The first kappa shape index (κ1) is 11.4. The summed E-state index contributed by atoms with van der Waals surface area (Å²) in [6.07, 6.45) is -1.57. The molecule has 0 bridgehead atoms. The minimum Gasteiger partial charge on any atom is -0.496 e. The number of para-hydroxylation sites is 1. The van der Waals surface area contributed by atoms with Crippen molar-refractivity contribution in [2.75, 3.05) is 7.11 Å². The van der Waals surface area contributed by atoms with Gasteiger partial charge >= 0.3 is 0 Å². The number of methoxy groups -OCH3 is 1. The van der Waals surface area contributed by atoms with Gasteiger partial charge in [-0.25, -0.2) is 0 Å². The molecule has 0 heterocycles. The van der Waals surface area contributed by atoms with Crippen molar-refractivity contribution in [3.63, 3.8) is 0 Å². The number of carbonyl (C=O) groups excluding carboxylic acids is 1. The summed E-state index contributed by atoms with van der Waals surface area (Å²) in [6, 6.07) is 6.53. The summed E-state index contributed by atoms with van der Waals surface area (Å²) in [7, 11) is 1.43. The Morgan fingerprint density at radius 1 is 1.40 bits per heavy atom. The van der Waals surface area contributed by atoms with Crippen LogP contribution in [-0.2, 0) is 0 Å². The summed E-state index contributed by atoms with van der Waals surface area (Å²) in [5, 5.41) is 0. The number of hydrogen-bond donors (Lipinski definition) is 0. The van der Waals surface area contributed by atoms with E-state index in [1.54, 1.807) is 24.3 Å². The fourth-order valence-corrected chi connectivity index (χ4v) is 1.15. The van der Waals surface area contributed by atoms with Crippen molar-refractivity contribution in [1.82, 2.24) is 0 Å². The van der Waals surface area contributed by atoms with E-state index in [0.717, 1.165) is 0 Å².